The molecule has 0 unspecified atom stereocenters. The first kappa shape index (κ1) is 20.9. The van der Waals surface area contributed by atoms with Crippen molar-refractivity contribution in [1.82, 2.24) is 5.32 Å². The summed E-state index contributed by atoms with van der Waals surface area (Å²) in [6, 6.07) is 17.4. The van der Waals surface area contributed by atoms with Crippen LogP contribution in [-0.2, 0) is 16.4 Å². The summed E-state index contributed by atoms with van der Waals surface area (Å²) >= 11 is 1.15. The zero-order chi connectivity index (χ0) is 20.7. The predicted molar refractivity (Wildman–Crippen MR) is 115 cm³/mol. The van der Waals surface area contributed by atoms with Crippen molar-refractivity contribution in [3.05, 3.63) is 77.2 Å². The lowest BCUT2D eigenvalue weighted by Crippen LogP contribution is -2.24. The summed E-state index contributed by atoms with van der Waals surface area (Å²) in [6.07, 6.45) is 1.58. The molecule has 0 atom stereocenters. The number of hydrogen-bond donors (Lipinski definition) is 2. The minimum atomic E-state index is -3.60. The maximum Gasteiger partial charge on any atom is 0.271 e. The zero-order valence-electron chi connectivity index (χ0n) is 15.9. The number of hydrogen-bond acceptors (Lipinski definition) is 5. The molecule has 1 amide bonds. The Morgan fingerprint density at radius 3 is 2.48 bits per heavy atom. The van der Waals surface area contributed by atoms with Crippen LogP contribution in [0.25, 0.3) is 0 Å². The monoisotopic (exact) mass is 430 g/mol. The molecule has 6 nitrogen and oxygen atoms in total. The lowest BCUT2D eigenvalue weighted by molar-refractivity contribution is 0.0953. The number of thiophene rings is 1. The number of sulfonamides is 1. The summed E-state index contributed by atoms with van der Waals surface area (Å²) in [7, 11) is -1.95. The first-order chi connectivity index (χ1) is 14.0. The van der Waals surface area contributed by atoms with Crippen molar-refractivity contribution in [2.24, 2.45) is 0 Å². The van der Waals surface area contributed by atoms with Crippen LogP contribution < -0.4 is 14.8 Å². The molecule has 1 aromatic heterocycles. The first-order valence-electron chi connectivity index (χ1n) is 9.06. The van der Waals surface area contributed by atoms with E-state index < -0.39 is 10.0 Å². The topological polar surface area (TPSA) is 84.5 Å². The molecule has 0 aliphatic heterocycles. The van der Waals surface area contributed by atoms with Crippen LogP contribution >= 0.6 is 11.3 Å². The lowest BCUT2D eigenvalue weighted by atomic mass is 10.1. The molecule has 8 heteroatoms. The van der Waals surface area contributed by atoms with Crippen LogP contribution in [0, 0.1) is 0 Å². The molecule has 2 N–H and O–H groups in total. The highest BCUT2D eigenvalue weighted by Gasteiger charge is 2.15. The van der Waals surface area contributed by atoms with Gasteiger partial charge in [0.25, 0.3) is 15.9 Å². The van der Waals surface area contributed by atoms with Gasteiger partial charge in [0.15, 0.2) is 0 Å². The van der Waals surface area contributed by atoms with Crippen molar-refractivity contribution < 1.29 is 17.9 Å². The average molecular weight is 431 g/mol. The van der Waals surface area contributed by atoms with Gasteiger partial charge < -0.3 is 10.1 Å². The van der Waals surface area contributed by atoms with Crippen LogP contribution in [0.3, 0.4) is 0 Å². The Labute approximate surface area is 174 Å². The predicted octanol–water partition coefficient (Wildman–Crippen LogP) is 3.92. The van der Waals surface area contributed by atoms with E-state index in [4.69, 9.17) is 4.74 Å². The number of ether oxygens (including phenoxy) is 1. The van der Waals surface area contributed by atoms with Gasteiger partial charge in [-0.1, -0.05) is 24.3 Å². The fraction of sp³-hybridized carbons (Fsp3) is 0.190. The summed E-state index contributed by atoms with van der Waals surface area (Å²) < 4.78 is 32.5. The van der Waals surface area contributed by atoms with Gasteiger partial charge in [-0.05, 0) is 60.2 Å². The number of rotatable bonds is 9. The van der Waals surface area contributed by atoms with Crippen LogP contribution in [0.5, 0.6) is 5.75 Å². The van der Waals surface area contributed by atoms with Crippen LogP contribution in [-0.4, -0.2) is 28.0 Å². The van der Waals surface area contributed by atoms with E-state index >= 15 is 0 Å². The van der Waals surface area contributed by atoms with Crippen molar-refractivity contribution in [3.8, 4) is 5.75 Å². The number of para-hydroxylation sites is 1. The summed E-state index contributed by atoms with van der Waals surface area (Å²) in [5.41, 5.74) is 1.99. The van der Waals surface area contributed by atoms with Gasteiger partial charge >= 0.3 is 0 Å². The van der Waals surface area contributed by atoms with Crippen molar-refractivity contribution >= 4 is 33.0 Å². The minimum absolute atomic E-state index is 0.197. The van der Waals surface area contributed by atoms with Gasteiger partial charge in [-0.3, -0.25) is 9.52 Å². The highest BCUT2D eigenvalue weighted by atomic mass is 32.2. The molecular formula is C21H22N2O4S2. The van der Waals surface area contributed by atoms with Gasteiger partial charge in [0, 0.05) is 17.8 Å². The van der Waals surface area contributed by atoms with E-state index in [2.05, 4.69) is 10.0 Å². The third-order valence-corrected chi connectivity index (χ3v) is 7.04. The highest BCUT2D eigenvalue weighted by Crippen LogP contribution is 2.21. The number of benzene rings is 2. The molecule has 3 aromatic rings. The zero-order valence-corrected chi connectivity index (χ0v) is 17.6. The van der Waals surface area contributed by atoms with E-state index in [-0.39, 0.29) is 10.1 Å². The molecule has 3 rings (SSSR count). The molecule has 29 heavy (non-hydrogen) atoms. The minimum Gasteiger partial charge on any atom is -0.496 e. The lowest BCUT2D eigenvalue weighted by Gasteiger charge is -2.09. The molecular weight excluding hydrogens is 408 g/mol. The number of nitrogens with one attached hydrogen (secondary N) is 2. The molecule has 152 valence electrons. The Kier molecular flexibility index (Phi) is 6.90. The summed E-state index contributed by atoms with van der Waals surface area (Å²) in [5.74, 6) is 0.650. The molecule has 0 bridgehead atoms. The third kappa shape index (κ3) is 5.58. The Bertz CT molecular complexity index is 1050. The third-order valence-electron chi connectivity index (χ3n) is 4.26. The standard InChI is InChI=1S/C21H22N2O4S2/c1-27-19-8-3-2-6-16(19)7-4-14-22-21(24)17-10-12-18(13-11-17)23-29(25,26)20-9-5-15-28-20/h2-3,5-6,8-13,15,23H,4,7,14H2,1H3,(H,22,24). The van der Waals surface area contributed by atoms with Crippen molar-refractivity contribution in [3.63, 3.8) is 0 Å². The van der Waals surface area contributed by atoms with Gasteiger partial charge in [0.05, 0.1) is 7.11 Å². The Hall–Kier alpha value is -2.84. The molecule has 2 aromatic carbocycles. The molecule has 1 heterocycles. The van der Waals surface area contributed by atoms with E-state index in [0.717, 1.165) is 35.5 Å². The number of anilines is 1. The number of aryl methyl sites for hydroxylation is 1. The molecule has 0 radical (unpaired) electrons. The van der Waals surface area contributed by atoms with Crippen LogP contribution in [0.1, 0.15) is 22.3 Å². The molecule has 0 spiro atoms. The first-order valence-corrected chi connectivity index (χ1v) is 11.4. The van der Waals surface area contributed by atoms with Gasteiger partial charge in [-0.2, -0.15) is 0 Å². The van der Waals surface area contributed by atoms with Crippen molar-refractivity contribution in [2.45, 2.75) is 17.1 Å². The van der Waals surface area contributed by atoms with Crippen LogP contribution in [0.2, 0.25) is 0 Å². The molecule has 0 saturated heterocycles. The Balaban J connectivity index is 1.50. The fourth-order valence-corrected chi connectivity index (χ4v) is 4.86. The maximum absolute atomic E-state index is 12.3. The van der Waals surface area contributed by atoms with E-state index in [9.17, 15) is 13.2 Å². The van der Waals surface area contributed by atoms with Crippen LogP contribution in [0.4, 0.5) is 5.69 Å². The van der Waals surface area contributed by atoms with E-state index in [1.807, 2.05) is 24.3 Å². The highest BCUT2D eigenvalue weighted by molar-refractivity contribution is 7.94. The fourth-order valence-electron chi connectivity index (χ4n) is 2.80. The molecule has 0 aliphatic carbocycles. The smallest absolute Gasteiger partial charge is 0.271 e. The SMILES string of the molecule is COc1ccccc1CCCNC(=O)c1ccc(NS(=O)(=O)c2cccs2)cc1. The molecule has 0 aliphatic rings. The van der Waals surface area contributed by atoms with Gasteiger partial charge in [0.2, 0.25) is 0 Å². The molecule has 0 saturated carbocycles. The average Bonchev–Trinajstić information content (AvgIpc) is 3.27. The Morgan fingerprint density at radius 2 is 1.79 bits per heavy atom. The van der Waals surface area contributed by atoms with Gasteiger partial charge in [-0.15, -0.1) is 11.3 Å². The maximum atomic E-state index is 12.3. The largest absolute Gasteiger partial charge is 0.496 e. The van der Waals surface area contributed by atoms with Crippen molar-refractivity contribution in [2.75, 3.05) is 18.4 Å². The molecule has 0 fully saturated rings. The number of amides is 1. The summed E-state index contributed by atoms with van der Waals surface area (Å²) in [5, 5.41) is 4.58. The second-order valence-electron chi connectivity index (χ2n) is 6.29. The second kappa shape index (κ2) is 9.58. The quantitative estimate of drug-likeness (QED) is 0.504. The normalized spacial score (nSPS) is 11.1. The van der Waals surface area contributed by atoms with E-state index in [1.165, 1.54) is 0 Å². The van der Waals surface area contributed by atoms with Crippen molar-refractivity contribution in [1.29, 1.82) is 0 Å². The van der Waals surface area contributed by atoms with E-state index in [0.29, 0.717) is 17.8 Å². The number of methoxy groups -OCH3 is 1. The summed E-state index contributed by atoms with van der Waals surface area (Å²) in [4.78, 5) is 12.3. The van der Waals surface area contributed by atoms with E-state index in [1.54, 1.807) is 48.9 Å². The second-order valence-corrected chi connectivity index (χ2v) is 9.14. The number of carbonyl (C=O) groups excluding carboxylic acids is 1. The van der Waals surface area contributed by atoms with Gasteiger partial charge in [-0.25, -0.2) is 8.42 Å². The summed E-state index contributed by atoms with van der Waals surface area (Å²) in [6.45, 7) is 0.531. The van der Waals surface area contributed by atoms with Crippen LogP contribution in [0.15, 0.2) is 70.3 Å². The number of carbonyl (C=O) groups is 1. The van der Waals surface area contributed by atoms with Gasteiger partial charge in [0.1, 0.15) is 9.96 Å². The Morgan fingerprint density at radius 1 is 1.03 bits per heavy atom.